The molecule has 27 heavy (non-hydrogen) atoms. The highest BCUT2D eigenvalue weighted by atomic mass is 16.6. The van der Waals surface area contributed by atoms with E-state index in [1.807, 2.05) is 42.5 Å². The molecule has 6 heteroatoms. The van der Waals surface area contributed by atoms with Crippen molar-refractivity contribution in [1.82, 2.24) is 4.98 Å². The van der Waals surface area contributed by atoms with Crippen LogP contribution in [0, 0.1) is 10.1 Å². The van der Waals surface area contributed by atoms with Crippen LogP contribution in [0.2, 0.25) is 0 Å². The standard InChI is InChI=1S/C21H18N4O2/c22-20(10-12-24-15-16-5-4-11-23-14-16)19-13-18(8-9-21(19)25(26)27)17-6-2-1-3-7-17/h1-14H,15,22H2. The monoisotopic (exact) mass is 358 g/mol. The van der Waals surface area contributed by atoms with Crippen molar-refractivity contribution in [1.29, 1.82) is 0 Å². The molecule has 0 aliphatic carbocycles. The zero-order valence-electron chi connectivity index (χ0n) is 14.5. The Kier molecular flexibility index (Phi) is 5.69. The number of hydrogen-bond donors (Lipinski definition) is 1. The van der Waals surface area contributed by atoms with Gasteiger partial charge in [-0.2, -0.15) is 0 Å². The number of aliphatic imine (C=N–C) groups is 1. The van der Waals surface area contributed by atoms with Crippen LogP contribution < -0.4 is 5.73 Å². The third-order valence-electron chi connectivity index (χ3n) is 3.97. The molecule has 0 bridgehead atoms. The molecule has 2 aromatic carbocycles. The summed E-state index contributed by atoms with van der Waals surface area (Å²) >= 11 is 0. The number of nitrogens with zero attached hydrogens (tertiary/aromatic N) is 3. The van der Waals surface area contributed by atoms with E-state index in [1.54, 1.807) is 36.8 Å². The Hall–Kier alpha value is -3.80. The summed E-state index contributed by atoms with van der Waals surface area (Å²) in [4.78, 5) is 19.2. The van der Waals surface area contributed by atoms with Gasteiger partial charge in [0.2, 0.25) is 0 Å². The molecule has 0 aliphatic rings. The van der Waals surface area contributed by atoms with E-state index in [1.165, 1.54) is 6.07 Å². The SMILES string of the molecule is NC(=CC=NCc1cccnc1)c1cc(-c2ccccc2)ccc1[N+](=O)[O-]. The van der Waals surface area contributed by atoms with Crippen LogP contribution in [0.5, 0.6) is 0 Å². The highest BCUT2D eigenvalue weighted by molar-refractivity contribution is 5.87. The predicted octanol–water partition coefficient (Wildman–Crippen LogP) is 4.23. The number of pyridine rings is 1. The summed E-state index contributed by atoms with van der Waals surface area (Å²) in [6.45, 7) is 0.462. The van der Waals surface area contributed by atoms with Gasteiger partial charge in [-0.1, -0.05) is 36.4 Å². The molecule has 0 radical (unpaired) electrons. The van der Waals surface area contributed by atoms with Gasteiger partial charge in [0, 0.05) is 30.4 Å². The molecule has 0 atom stereocenters. The maximum atomic E-state index is 11.4. The Morgan fingerprint density at radius 3 is 2.63 bits per heavy atom. The van der Waals surface area contributed by atoms with Gasteiger partial charge < -0.3 is 5.73 Å². The number of benzene rings is 2. The highest BCUT2D eigenvalue weighted by Gasteiger charge is 2.16. The van der Waals surface area contributed by atoms with E-state index in [9.17, 15) is 10.1 Å². The molecule has 3 rings (SSSR count). The topological polar surface area (TPSA) is 94.4 Å². The van der Waals surface area contributed by atoms with E-state index >= 15 is 0 Å². The van der Waals surface area contributed by atoms with E-state index in [-0.39, 0.29) is 11.4 Å². The van der Waals surface area contributed by atoms with Crippen LogP contribution in [0.25, 0.3) is 16.8 Å². The smallest absolute Gasteiger partial charge is 0.278 e. The van der Waals surface area contributed by atoms with Crippen molar-refractivity contribution in [2.75, 3.05) is 0 Å². The second-order valence-corrected chi connectivity index (χ2v) is 5.83. The summed E-state index contributed by atoms with van der Waals surface area (Å²) in [7, 11) is 0. The lowest BCUT2D eigenvalue weighted by molar-refractivity contribution is -0.385. The van der Waals surface area contributed by atoms with E-state index in [2.05, 4.69) is 9.98 Å². The largest absolute Gasteiger partial charge is 0.398 e. The zero-order valence-corrected chi connectivity index (χ0v) is 14.5. The van der Waals surface area contributed by atoms with Crippen molar-refractivity contribution < 1.29 is 4.92 Å². The average molecular weight is 358 g/mol. The summed E-state index contributed by atoms with van der Waals surface area (Å²) in [5, 5.41) is 11.4. The van der Waals surface area contributed by atoms with Gasteiger partial charge >= 0.3 is 0 Å². The van der Waals surface area contributed by atoms with Gasteiger partial charge in [0.1, 0.15) is 0 Å². The third-order valence-corrected chi connectivity index (χ3v) is 3.97. The van der Waals surface area contributed by atoms with Crippen molar-refractivity contribution in [2.45, 2.75) is 6.54 Å². The second kappa shape index (κ2) is 8.53. The molecule has 0 aliphatic heterocycles. The number of nitrogens with two attached hydrogens (primary N) is 1. The molecule has 0 spiro atoms. The predicted molar refractivity (Wildman–Crippen MR) is 107 cm³/mol. The third kappa shape index (κ3) is 4.64. The summed E-state index contributed by atoms with van der Waals surface area (Å²) in [6.07, 6.45) is 6.57. The van der Waals surface area contributed by atoms with Gasteiger partial charge in [-0.15, -0.1) is 0 Å². The molecular formula is C21H18N4O2. The van der Waals surface area contributed by atoms with E-state index in [0.717, 1.165) is 16.7 Å². The quantitative estimate of drug-likeness (QED) is 0.405. The van der Waals surface area contributed by atoms with Gasteiger partial charge in [-0.25, -0.2) is 0 Å². The second-order valence-electron chi connectivity index (χ2n) is 5.83. The summed E-state index contributed by atoms with van der Waals surface area (Å²) < 4.78 is 0. The first-order valence-corrected chi connectivity index (χ1v) is 8.34. The van der Waals surface area contributed by atoms with Crippen LogP contribution in [0.15, 0.2) is 84.1 Å². The molecule has 3 aromatic rings. The number of allylic oxidation sites excluding steroid dienone is 1. The summed E-state index contributed by atoms with van der Waals surface area (Å²) in [6, 6.07) is 18.3. The van der Waals surface area contributed by atoms with E-state index < -0.39 is 4.92 Å². The van der Waals surface area contributed by atoms with Crippen LogP contribution in [0.4, 0.5) is 5.69 Å². The lowest BCUT2D eigenvalue weighted by atomic mass is 10.0. The fraction of sp³-hybridized carbons (Fsp3) is 0.0476. The lowest BCUT2D eigenvalue weighted by Gasteiger charge is -2.07. The number of nitro groups is 1. The van der Waals surface area contributed by atoms with Crippen LogP contribution in [-0.4, -0.2) is 16.1 Å². The van der Waals surface area contributed by atoms with Gasteiger partial charge in [0.05, 0.1) is 17.0 Å². The Labute approximate surface area is 156 Å². The van der Waals surface area contributed by atoms with Gasteiger partial charge in [-0.05, 0) is 41.0 Å². The molecule has 1 heterocycles. The van der Waals surface area contributed by atoms with Crippen molar-refractivity contribution in [2.24, 2.45) is 10.7 Å². The first-order valence-electron chi connectivity index (χ1n) is 8.34. The maximum Gasteiger partial charge on any atom is 0.278 e. The zero-order chi connectivity index (χ0) is 19.1. The minimum absolute atomic E-state index is 0.0379. The molecule has 134 valence electrons. The lowest BCUT2D eigenvalue weighted by Crippen LogP contribution is -2.02. The average Bonchev–Trinajstić information content (AvgIpc) is 2.72. The first kappa shape index (κ1) is 18.0. The normalized spacial score (nSPS) is 11.6. The minimum atomic E-state index is -0.433. The number of aromatic nitrogens is 1. The number of nitro benzene ring substituents is 1. The van der Waals surface area contributed by atoms with Crippen LogP contribution >= 0.6 is 0 Å². The Morgan fingerprint density at radius 2 is 1.93 bits per heavy atom. The van der Waals surface area contributed by atoms with Crippen LogP contribution in [0.1, 0.15) is 11.1 Å². The molecule has 0 amide bonds. The fourth-order valence-corrected chi connectivity index (χ4v) is 2.61. The molecule has 1 aromatic heterocycles. The maximum absolute atomic E-state index is 11.4. The van der Waals surface area contributed by atoms with Crippen molar-refractivity contribution in [3.05, 3.63) is 100 Å². The van der Waals surface area contributed by atoms with E-state index in [0.29, 0.717) is 12.1 Å². The molecule has 0 unspecified atom stereocenters. The molecule has 6 nitrogen and oxygen atoms in total. The number of hydrogen-bond acceptors (Lipinski definition) is 5. The van der Waals surface area contributed by atoms with Crippen LogP contribution in [-0.2, 0) is 6.54 Å². The fourth-order valence-electron chi connectivity index (χ4n) is 2.61. The first-order chi connectivity index (χ1) is 13.1. The van der Waals surface area contributed by atoms with E-state index in [4.69, 9.17) is 5.73 Å². The van der Waals surface area contributed by atoms with Crippen molar-refractivity contribution in [3.63, 3.8) is 0 Å². The van der Waals surface area contributed by atoms with Gasteiger partial charge in [0.15, 0.2) is 0 Å². The highest BCUT2D eigenvalue weighted by Crippen LogP contribution is 2.29. The van der Waals surface area contributed by atoms with Gasteiger partial charge in [0.25, 0.3) is 5.69 Å². The minimum Gasteiger partial charge on any atom is -0.398 e. The summed E-state index contributed by atoms with van der Waals surface area (Å²) in [5.41, 5.74) is 9.53. The molecule has 0 saturated carbocycles. The number of rotatable bonds is 6. The van der Waals surface area contributed by atoms with Crippen molar-refractivity contribution in [3.8, 4) is 11.1 Å². The van der Waals surface area contributed by atoms with Gasteiger partial charge in [-0.3, -0.25) is 20.1 Å². The molecule has 0 saturated heterocycles. The van der Waals surface area contributed by atoms with Crippen LogP contribution in [0.3, 0.4) is 0 Å². The Morgan fingerprint density at radius 1 is 1.11 bits per heavy atom. The summed E-state index contributed by atoms with van der Waals surface area (Å²) in [5.74, 6) is 0. The molecular weight excluding hydrogens is 340 g/mol. The Bertz CT molecular complexity index is 984. The molecule has 2 N–H and O–H groups in total. The molecule has 0 fully saturated rings. The van der Waals surface area contributed by atoms with Crippen molar-refractivity contribution >= 4 is 17.6 Å². The Balaban J connectivity index is 1.87.